The maximum Gasteiger partial charge on any atom is 0.313 e. The lowest BCUT2D eigenvalue weighted by atomic mass is 9.79. The van der Waals surface area contributed by atoms with Crippen LogP contribution in [0.4, 0.5) is 5.69 Å². The summed E-state index contributed by atoms with van der Waals surface area (Å²) in [6, 6.07) is 7.54. The molecule has 4 nitrogen and oxygen atoms in total. The fourth-order valence-corrected chi connectivity index (χ4v) is 1.99. The quantitative estimate of drug-likeness (QED) is 0.595. The average molecular weight is 250 g/mol. The molecule has 0 aromatic heterocycles. The molecule has 4 heteroatoms. The minimum Gasteiger partial charge on any atom is -0.466 e. The minimum absolute atomic E-state index is 0.238. The number of esters is 1. The standard InChI is InChI=1S/C14H22N2O2/c1-3-14(10-15,13(17)18-4-2)9-11-7-5-6-8-12(11)16/h5-8H,3-4,9-10,15-16H2,1-2H3. The highest BCUT2D eigenvalue weighted by molar-refractivity contribution is 5.78. The monoisotopic (exact) mass is 250 g/mol. The summed E-state index contributed by atoms with van der Waals surface area (Å²) >= 11 is 0. The summed E-state index contributed by atoms with van der Waals surface area (Å²) in [6.45, 7) is 4.37. The van der Waals surface area contributed by atoms with E-state index in [0.717, 1.165) is 5.56 Å². The number of rotatable bonds is 6. The number of ether oxygens (including phenoxy) is 1. The SMILES string of the molecule is CCOC(=O)C(CC)(CN)Cc1ccccc1N. The summed E-state index contributed by atoms with van der Waals surface area (Å²) in [5.41, 5.74) is 12.7. The molecule has 0 heterocycles. The van der Waals surface area contributed by atoms with Crippen LogP contribution in [0.15, 0.2) is 24.3 Å². The van der Waals surface area contributed by atoms with E-state index >= 15 is 0 Å². The maximum atomic E-state index is 12.1. The van der Waals surface area contributed by atoms with Gasteiger partial charge >= 0.3 is 5.97 Å². The van der Waals surface area contributed by atoms with E-state index in [0.29, 0.717) is 25.1 Å². The Morgan fingerprint density at radius 2 is 2.00 bits per heavy atom. The zero-order valence-electron chi connectivity index (χ0n) is 11.1. The second-order valence-electron chi connectivity index (χ2n) is 4.43. The lowest BCUT2D eigenvalue weighted by Gasteiger charge is -2.29. The van der Waals surface area contributed by atoms with Gasteiger partial charge in [0.25, 0.3) is 0 Å². The van der Waals surface area contributed by atoms with Crippen molar-refractivity contribution in [3.63, 3.8) is 0 Å². The Hall–Kier alpha value is -1.55. The Morgan fingerprint density at radius 1 is 1.33 bits per heavy atom. The van der Waals surface area contributed by atoms with Crippen LogP contribution >= 0.6 is 0 Å². The number of anilines is 1. The summed E-state index contributed by atoms with van der Waals surface area (Å²) in [6.07, 6.45) is 1.15. The van der Waals surface area contributed by atoms with Crippen LogP contribution in [0.5, 0.6) is 0 Å². The first-order chi connectivity index (χ1) is 8.59. The van der Waals surface area contributed by atoms with Crippen molar-refractivity contribution in [3.8, 4) is 0 Å². The van der Waals surface area contributed by atoms with Crippen molar-refractivity contribution in [1.29, 1.82) is 0 Å². The predicted octanol–water partition coefficient (Wildman–Crippen LogP) is 1.73. The molecular weight excluding hydrogens is 228 g/mol. The van der Waals surface area contributed by atoms with E-state index in [1.54, 1.807) is 6.92 Å². The van der Waals surface area contributed by atoms with Crippen LogP contribution < -0.4 is 11.5 Å². The van der Waals surface area contributed by atoms with E-state index in [1.165, 1.54) is 0 Å². The van der Waals surface area contributed by atoms with Gasteiger partial charge in [-0.2, -0.15) is 0 Å². The third-order valence-electron chi connectivity index (χ3n) is 3.36. The van der Waals surface area contributed by atoms with Crippen LogP contribution in [0, 0.1) is 5.41 Å². The van der Waals surface area contributed by atoms with Gasteiger partial charge in [-0.25, -0.2) is 0 Å². The number of hydrogen-bond acceptors (Lipinski definition) is 4. The molecule has 0 saturated heterocycles. The molecule has 1 rings (SSSR count). The van der Waals surface area contributed by atoms with Crippen molar-refractivity contribution in [2.45, 2.75) is 26.7 Å². The molecule has 0 fully saturated rings. The zero-order valence-corrected chi connectivity index (χ0v) is 11.1. The molecule has 100 valence electrons. The Labute approximate surface area is 108 Å². The van der Waals surface area contributed by atoms with Gasteiger partial charge in [-0.3, -0.25) is 4.79 Å². The van der Waals surface area contributed by atoms with Crippen molar-refractivity contribution in [3.05, 3.63) is 29.8 Å². The first-order valence-corrected chi connectivity index (χ1v) is 6.30. The average Bonchev–Trinajstić information content (AvgIpc) is 2.38. The molecule has 0 saturated carbocycles. The molecule has 1 unspecified atom stereocenters. The summed E-state index contributed by atoms with van der Waals surface area (Å²) in [7, 11) is 0. The van der Waals surface area contributed by atoms with Crippen LogP contribution in [0.3, 0.4) is 0 Å². The highest BCUT2D eigenvalue weighted by Gasteiger charge is 2.37. The number of nitrogens with two attached hydrogens (primary N) is 2. The van der Waals surface area contributed by atoms with Gasteiger partial charge in [0.15, 0.2) is 0 Å². The van der Waals surface area contributed by atoms with Crippen LogP contribution in [0.2, 0.25) is 0 Å². The topological polar surface area (TPSA) is 78.3 Å². The molecule has 1 aromatic carbocycles. The van der Waals surface area contributed by atoms with E-state index in [4.69, 9.17) is 16.2 Å². The Bertz CT molecular complexity index is 401. The fourth-order valence-electron chi connectivity index (χ4n) is 1.99. The Morgan fingerprint density at radius 3 is 2.50 bits per heavy atom. The van der Waals surface area contributed by atoms with Crippen LogP contribution in [0.1, 0.15) is 25.8 Å². The molecular formula is C14H22N2O2. The summed E-state index contributed by atoms with van der Waals surface area (Å²) in [5.74, 6) is -0.238. The molecule has 0 amide bonds. The normalized spacial score (nSPS) is 13.9. The number of carbonyl (C=O) groups excluding carboxylic acids is 1. The highest BCUT2D eigenvalue weighted by Crippen LogP contribution is 2.30. The van der Waals surface area contributed by atoms with Crippen LogP contribution in [-0.4, -0.2) is 19.1 Å². The molecule has 0 aliphatic rings. The summed E-state index contributed by atoms with van der Waals surface area (Å²) in [5, 5.41) is 0. The third-order valence-corrected chi connectivity index (χ3v) is 3.36. The number of benzene rings is 1. The number of para-hydroxylation sites is 1. The molecule has 1 aromatic rings. The predicted molar refractivity (Wildman–Crippen MR) is 73.0 cm³/mol. The Kier molecular flexibility index (Phi) is 5.16. The van der Waals surface area contributed by atoms with Gasteiger partial charge in [-0.05, 0) is 31.4 Å². The first kappa shape index (κ1) is 14.5. The molecule has 0 aliphatic heterocycles. The number of hydrogen-bond donors (Lipinski definition) is 2. The van der Waals surface area contributed by atoms with Gasteiger partial charge in [-0.15, -0.1) is 0 Å². The zero-order chi connectivity index (χ0) is 13.6. The van der Waals surface area contributed by atoms with Gasteiger partial charge in [0.1, 0.15) is 0 Å². The summed E-state index contributed by atoms with van der Waals surface area (Å²) < 4.78 is 5.14. The van der Waals surface area contributed by atoms with Crippen molar-refractivity contribution >= 4 is 11.7 Å². The van der Waals surface area contributed by atoms with Gasteiger partial charge in [0, 0.05) is 12.2 Å². The fraction of sp³-hybridized carbons (Fsp3) is 0.500. The van der Waals surface area contributed by atoms with Crippen LogP contribution in [0.25, 0.3) is 0 Å². The van der Waals surface area contributed by atoms with Crippen molar-refractivity contribution < 1.29 is 9.53 Å². The molecule has 1 atom stereocenters. The smallest absolute Gasteiger partial charge is 0.313 e. The van der Waals surface area contributed by atoms with Crippen molar-refractivity contribution in [2.24, 2.45) is 11.1 Å². The van der Waals surface area contributed by atoms with E-state index in [9.17, 15) is 4.79 Å². The van der Waals surface area contributed by atoms with Crippen molar-refractivity contribution in [2.75, 3.05) is 18.9 Å². The van der Waals surface area contributed by atoms with Gasteiger partial charge < -0.3 is 16.2 Å². The van der Waals surface area contributed by atoms with Gasteiger partial charge in [-0.1, -0.05) is 25.1 Å². The van der Waals surface area contributed by atoms with Gasteiger partial charge in [0.05, 0.1) is 12.0 Å². The summed E-state index contributed by atoms with van der Waals surface area (Å²) in [4.78, 5) is 12.1. The largest absolute Gasteiger partial charge is 0.466 e. The van der Waals surface area contributed by atoms with E-state index in [1.807, 2.05) is 31.2 Å². The second-order valence-corrected chi connectivity index (χ2v) is 4.43. The number of carbonyl (C=O) groups is 1. The first-order valence-electron chi connectivity index (χ1n) is 6.30. The van der Waals surface area contributed by atoms with E-state index < -0.39 is 5.41 Å². The third kappa shape index (κ3) is 3.01. The van der Waals surface area contributed by atoms with Crippen molar-refractivity contribution in [1.82, 2.24) is 0 Å². The second kappa shape index (κ2) is 6.40. The van der Waals surface area contributed by atoms with E-state index in [-0.39, 0.29) is 12.5 Å². The van der Waals surface area contributed by atoms with Gasteiger partial charge in [0.2, 0.25) is 0 Å². The van der Waals surface area contributed by atoms with E-state index in [2.05, 4.69) is 0 Å². The molecule has 0 bridgehead atoms. The minimum atomic E-state index is -0.675. The maximum absolute atomic E-state index is 12.1. The lowest BCUT2D eigenvalue weighted by Crippen LogP contribution is -2.41. The van der Waals surface area contributed by atoms with Crippen LogP contribution in [-0.2, 0) is 16.0 Å². The highest BCUT2D eigenvalue weighted by atomic mass is 16.5. The molecule has 0 spiro atoms. The molecule has 0 aliphatic carbocycles. The number of nitrogen functional groups attached to an aromatic ring is 1. The molecule has 0 radical (unpaired) electrons. The molecule has 4 N–H and O–H groups in total. The molecule has 18 heavy (non-hydrogen) atoms. The lowest BCUT2D eigenvalue weighted by molar-refractivity contribution is -0.155. The Balaban J connectivity index is 2.99.